The number of nitrogens with zero attached hydrogens (tertiary/aromatic N) is 1. The highest BCUT2D eigenvalue weighted by Gasteiger charge is 2.53. The van der Waals surface area contributed by atoms with E-state index >= 15 is 0 Å². The highest BCUT2D eigenvalue weighted by Crippen LogP contribution is 2.50. The third-order valence-electron chi connectivity index (χ3n) is 3.07. The van der Waals surface area contributed by atoms with Crippen LogP contribution in [0.15, 0.2) is 0 Å². The summed E-state index contributed by atoms with van der Waals surface area (Å²) in [5, 5.41) is 0. The number of piperidine rings is 1. The molecule has 2 nitrogen and oxygen atoms in total. The van der Waals surface area contributed by atoms with Crippen LogP contribution in [0.1, 0.15) is 13.8 Å². The molecule has 1 saturated carbocycles. The molecule has 1 aliphatic heterocycles. The fourth-order valence-electron chi connectivity index (χ4n) is 2.08. The van der Waals surface area contributed by atoms with E-state index in [9.17, 15) is 4.79 Å². The van der Waals surface area contributed by atoms with E-state index in [1.165, 1.54) is 0 Å². The third-order valence-corrected chi connectivity index (χ3v) is 3.07. The van der Waals surface area contributed by atoms with Gasteiger partial charge in [0.25, 0.3) is 0 Å². The van der Waals surface area contributed by atoms with Gasteiger partial charge in [0.2, 0.25) is 5.91 Å². The van der Waals surface area contributed by atoms with Crippen LogP contribution in [0.2, 0.25) is 0 Å². The highest BCUT2D eigenvalue weighted by atomic mass is 16.2. The van der Waals surface area contributed by atoms with E-state index in [1.807, 2.05) is 4.90 Å². The van der Waals surface area contributed by atoms with E-state index in [0.717, 1.165) is 30.8 Å². The fourth-order valence-corrected chi connectivity index (χ4v) is 2.08. The molecular formula is C8H13NO. The van der Waals surface area contributed by atoms with Crippen molar-refractivity contribution in [2.75, 3.05) is 13.1 Å². The normalized spacial score (nSPS) is 43.4. The molecular weight excluding hydrogens is 126 g/mol. The number of likely N-dealkylation sites (tertiary alicyclic amines) is 1. The van der Waals surface area contributed by atoms with Gasteiger partial charge in [0.1, 0.15) is 0 Å². The van der Waals surface area contributed by atoms with Gasteiger partial charge in [0.15, 0.2) is 0 Å². The maximum absolute atomic E-state index is 10.8. The Morgan fingerprint density at radius 2 is 1.90 bits per heavy atom. The molecule has 3 atom stereocenters. The van der Waals surface area contributed by atoms with Gasteiger partial charge in [0, 0.05) is 20.0 Å². The zero-order valence-electron chi connectivity index (χ0n) is 6.50. The van der Waals surface area contributed by atoms with Crippen LogP contribution in [0.5, 0.6) is 0 Å². The maximum Gasteiger partial charge on any atom is 0.219 e. The molecule has 2 heteroatoms. The minimum absolute atomic E-state index is 0.249. The fraction of sp³-hybridized carbons (Fsp3) is 0.875. The molecule has 10 heavy (non-hydrogen) atoms. The minimum Gasteiger partial charge on any atom is -0.342 e. The monoisotopic (exact) mass is 139 g/mol. The molecule has 2 rings (SSSR count). The Labute approximate surface area is 61.2 Å². The van der Waals surface area contributed by atoms with Crippen molar-refractivity contribution >= 4 is 5.91 Å². The van der Waals surface area contributed by atoms with E-state index in [4.69, 9.17) is 0 Å². The molecule has 0 bridgehead atoms. The first kappa shape index (κ1) is 6.20. The summed E-state index contributed by atoms with van der Waals surface area (Å²) >= 11 is 0. The minimum atomic E-state index is 0.249. The Hall–Kier alpha value is -0.530. The van der Waals surface area contributed by atoms with Gasteiger partial charge in [-0.1, -0.05) is 6.92 Å². The molecule has 1 saturated heterocycles. The Bertz CT molecular complexity index is 166. The average Bonchev–Trinajstić information content (AvgIpc) is 2.38. The van der Waals surface area contributed by atoms with Crippen molar-refractivity contribution in [2.45, 2.75) is 13.8 Å². The maximum atomic E-state index is 10.8. The first-order chi connectivity index (χ1) is 4.70. The molecule has 2 aliphatic rings. The van der Waals surface area contributed by atoms with Gasteiger partial charge in [0.05, 0.1) is 0 Å². The van der Waals surface area contributed by atoms with Gasteiger partial charge in [-0.15, -0.1) is 0 Å². The van der Waals surface area contributed by atoms with Crippen LogP contribution >= 0.6 is 0 Å². The molecule has 0 aromatic rings. The molecule has 2 fully saturated rings. The molecule has 0 unspecified atom stereocenters. The van der Waals surface area contributed by atoms with Crippen LogP contribution in [-0.2, 0) is 4.79 Å². The van der Waals surface area contributed by atoms with Crippen LogP contribution in [-0.4, -0.2) is 23.9 Å². The standard InChI is InChI=1S/C8H13NO/c1-5-7-3-9(6(2)10)4-8(5)7/h5,7-8H,3-4H2,1-2H3/t5-,7-,8+. The number of carbonyl (C=O) groups excluding carboxylic acids is 1. The van der Waals surface area contributed by atoms with Gasteiger partial charge >= 0.3 is 0 Å². The smallest absolute Gasteiger partial charge is 0.219 e. The number of fused-ring (bicyclic) bond motifs is 1. The van der Waals surface area contributed by atoms with Crippen LogP contribution in [0.4, 0.5) is 0 Å². The van der Waals surface area contributed by atoms with Crippen molar-refractivity contribution < 1.29 is 4.79 Å². The Balaban J connectivity index is 1.95. The predicted octanol–water partition coefficient (Wildman–Crippen LogP) is 0.731. The lowest BCUT2D eigenvalue weighted by atomic mass is 10.3. The number of hydrogen-bond donors (Lipinski definition) is 0. The third kappa shape index (κ3) is 0.678. The Morgan fingerprint density at radius 3 is 2.30 bits per heavy atom. The summed E-state index contributed by atoms with van der Waals surface area (Å²) in [5.74, 6) is 2.85. The van der Waals surface area contributed by atoms with E-state index in [0.29, 0.717) is 0 Å². The van der Waals surface area contributed by atoms with Gasteiger partial charge in [-0.3, -0.25) is 4.79 Å². The molecule has 0 aromatic carbocycles. The summed E-state index contributed by atoms with van der Waals surface area (Å²) in [6.45, 7) is 6.00. The summed E-state index contributed by atoms with van der Waals surface area (Å²) < 4.78 is 0. The lowest BCUT2D eigenvalue weighted by Crippen LogP contribution is -2.28. The van der Waals surface area contributed by atoms with Gasteiger partial charge in [-0.25, -0.2) is 0 Å². The predicted molar refractivity (Wildman–Crippen MR) is 38.4 cm³/mol. The molecule has 1 aliphatic carbocycles. The lowest BCUT2D eigenvalue weighted by molar-refractivity contribution is -0.128. The molecule has 1 heterocycles. The average molecular weight is 139 g/mol. The highest BCUT2D eigenvalue weighted by molar-refractivity contribution is 5.73. The number of amides is 1. The molecule has 0 spiro atoms. The zero-order valence-corrected chi connectivity index (χ0v) is 6.50. The number of rotatable bonds is 0. The quantitative estimate of drug-likeness (QED) is 0.484. The van der Waals surface area contributed by atoms with Gasteiger partial charge in [-0.05, 0) is 17.8 Å². The van der Waals surface area contributed by atoms with E-state index in [2.05, 4.69) is 6.92 Å². The molecule has 0 aromatic heterocycles. The van der Waals surface area contributed by atoms with E-state index in [-0.39, 0.29) is 5.91 Å². The van der Waals surface area contributed by atoms with Crippen molar-refractivity contribution in [2.24, 2.45) is 17.8 Å². The van der Waals surface area contributed by atoms with Crippen molar-refractivity contribution in [3.8, 4) is 0 Å². The largest absolute Gasteiger partial charge is 0.342 e. The number of carbonyl (C=O) groups is 1. The van der Waals surface area contributed by atoms with Crippen molar-refractivity contribution in [1.82, 2.24) is 4.90 Å². The lowest BCUT2D eigenvalue weighted by Gasteiger charge is -2.15. The molecule has 0 N–H and O–H groups in total. The van der Waals surface area contributed by atoms with Crippen molar-refractivity contribution in [3.63, 3.8) is 0 Å². The summed E-state index contributed by atoms with van der Waals surface area (Å²) in [5.41, 5.74) is 0. The first-order valence-electron chi connectivity index (χ1n) is 3.95. The SMILES string of the molecule is CC(=O)N1C[C@@H]2[C@@H](C)[C@@H]2C1. The molecule has 56 valence electrons. The zero-order chi connectivity index (χ0) is 7.30. The second-order valence-corrected chi connectivity index (χ2v) is 3.61. The topological polar surface area (TPSA) is 20.3 Å². The van der Waals surface area contributed by atoms with Crippen molar-refractivity contribution in [1.29, 1.82) is 0 Å². The van der Waals surface area contributed by atoms with Crippen LogP contribution in [0.3, 0.4) is 0 Å². The van der Waals surface area contributed by atoms with Crippen LogP contribution in [0, 0.1) is 17.8 Å². The Kier molecular flexibility index (Phi) is 1.08. The summed E-state index contributed by atoms with van der Waals surface area (Å²) in [6, 6.07) is 0. The summed E-state index contributed by atoms with van der Waals surface area (Å²) in [4.78, 5) is 12.8. The second kappa shape index (κ2) is 1.74. The summed E-state index contributed by atoms with van der Waals surface area (Å²) in [7, 11) is 0. The molecule has 1 amide bonds. The van der Waals surface area contributed by atoms with E-state index < -0.39 is 0 Å². The second-order valence-electron chi connectivity index (χ2n) is 3.61. The Morgan fingerprint density at radius 1 is 1.40 bits per heavy atom. The van der Waals surface area contributed by atoms with Crippen molar-refractivity contribution in [3.05, 3.63) is 0 Å². The number of hydrogen-bond acceptors (Lipinski definition) is 1. The van der Waals surface area contributed by atoms with Crippen LogP contribution in [0.25, 0.3) is 0 Å². The molecule has 0 radical (unpaired) electrons. The van der Waals surface area contributed by atoms with Gasteiger partial charge < -0.3 is 4.90 Å². The van der Waals surface area contributed by atoms with Gasteiger partial charge in [-0.2, -0.15) is 0 Å². The summed E-state index contributed by atoms with van der Waals surface area (Å²) in [6.07, 6.45) is 0. The van der Waals surface area contributed by atoms with Crippen LogP contribution < -0.4 is 0 Å². The first-order valence-corrected chi connectivity index (χ1v) is 3.95. The van der Waals surface area contributed by atoms with E-state index in [1.54, 1.807) is 6.92 Å².